The van der Waals surface area contributed by atoms with E-state index in [4.69, 9.17) is 15.6 Å². The highest BCUT2D eigenvalue weighted by molar-refractivity contribution is 4.73. The van der Waals surface area contributed by atoms with Crippen LogP contribution in [0.3, 0.4) is 0 Å². The van der Waals surface area contributed by atoms with E-state index in [0.717, 1.165) is 19.4 Å². The summed E-state index contributed by atoms with van der Waals surface area (Å²) in [5, 5.41) is 9.11. The average Bonchev–Trinajstić information content (AvgIpc) is 2.37. The van der Waals surface area contributed by atoms with Crippen LogP contribution in [0.4, 0.5) is 0 Å². The van der Waals surface area contributed by atoms with Crippen molar-refractivity contribution in [2.45, 2.75) is 25.0 Å². The Hall–Kier alpha value is -0.120. The third-order valence-electron chi connectivity index (χ3n) is 1.64. The molecule has 0 aromatic rings. The molecule has 0 saturated carbocycles. The van der Waals surface area contributed by atoms with Crippen molar-refractivity contribution >= 4 is 0 Å². The minimum Gasteiger partial charge on any atom is -0.389 e. The summed E-state index contributed by atoms with van der Waals surface area (Å²) in [7, 11) is 0. The quantitative estimate of drug-likeness (QED) is 0.530. The van der Waals surface area contributed by atoms with Crippen LogP contribution in [0.25, 0.3) is 0 Å². The summed E-state index contributed by atoms with van der Waals surface area (Å²) in [5.74, 6) is 0. The first-order chi connectivity index (χ1) is 4.34. The van der Waals surface area contributed by atoms with Crippen LogP contribution in [-0.2, 0) is 4.74 Å². The molecule has 1 aliphatic heterocycles. The maximum Gasteiger partial charge on any atom is 0.0923 e. The number of ether oxygens (including phenoxy) is 1. The summed E-state index contributed by atoms with van der Waals surface area (Å²) in [5.41, 5.74) is 5.22. The molecule has 0 aromatic heterocycles. The molecule has 3 nitrogen and oxygen atoms in total. The molecule has 0 amide bonds. The van der Waals surface area contributed by atoms with Crippen LogP contribution in [0, 0.1) is 0 Å². The van der Waals surface area contributed by atoms with Gasteiger partial charge >= 0.3 is 0 Å². The molecule has 0 spiro atoms. The van der Waals surface area contributed by atoms with Crippen molar-refractivity contribution in [2.75, 3.05) is 13.2 Å². The van der Waals surface area contributed by atoms with Crippen molar-refractivity contribution in [1.82, 2.24) is 0 Å². The van der Waals surface area contributed by atoms with Crippen LogP contribution in [0.1, 0.15) is 12.8 Å². The van der Waals surface area contributed by atoms with E-state index < -0.39 is 6.10 Å². The lowest BCUT2D eigenvalue weighted by Crippen LogP contribution is -2.32. The lowest BCUT2D eigenvalue weighted by Gasteiger charge is -2.14. The molecule has 1 fully saturated rings. The fraction of sp³-hybridized carbons (Fsp3) is 1.00. The third kappa shape index (κ3) is 1.64. The first-order valence-corrected chi connectivity index (χ1v) is 3.34. The van der Waals surface area contributed by atoms with E-state index >= 15 is 0 Å². The van der Waals surface area contributed by atoms with Crippen LogP contribution in [-0.4, -0.2) is 30.5 Å². The number of aliphatic hydroxyl groups is 1. The highest BCUT2D eigenvalue weighted by Gasteiger charge is 2.22. The van der Waals surface area contributed by atoms with Gasteiger partial charge in [-0.05, 0) is 12.8 Å². The Labute approximate surface area is 54.8 Å². The van der Waals surface area contributed by atoms with Gasteiger partial charge in [-0.2, -0.15) is 0 Å². The van der Waals surface area contributed by atoms with Gasteiger partial charge in [0.2, 0.25) is 0 Å². The van der Waals surface area contributed by atoms with Crippen LogP contribution in [0.5, 0.6) is 0 Å². The largest absolute Gasteiger partial charge is 0.389 e. The molecule has 9 heavy (non-hydrogen) atoms. The number of rotatable bonds is 2. The maximum absolute atomic E-state index is 9.11. The molecule has 0 bridgehead atoms. The molecule has 0 radical (unpaired) electrons. The zero-order valence-electron chi connectivity index (χ0n) is 5.42. The smallest absolute Gasteiger partial charge is 0.0923 e. The zero-order valence-corrected chi connectivity index (χ0v) is 5.42. The predicted molar refractivity (Wildman–Crippen MR) is 34.0 cm³/mol. The summed E-state index contributed by atoms with van der Waals surface area (Å²) >= 11 is 0. The lowest BCUT2D eigenvalue weighted by molar-refractivity contribution is 0.00365. The van der Waals surface area contributed by atoms with E-state index in [2.05, 4.69) is 0 Å². The van der Waals surface area contributed by atoms with E-state index in [1.54, 1.807) is 0 Å². The topological polar surface area (TPSA) is 55.5 Å². The van der Waals surface area contributed by atoms with E-state index in [9.17, 15) is 0 Å². The Balaban J connectivity index is 2.24. The molecule has 1 rings (SSSR count). The van der Waals surface area contributed by atoms with Gasteiger partial charge in [0.15, 0.2) is 0 Å². The monoisotopic (exact) mass is 131 g/mol. The maximum atomic E-state index is 9.11. The molecule has 0 aromatic carbocycles. The van der Waals surface area contributed by atoms with Crippen LogP contribution < -0.4 is 5.73 Å². The normalized spacial score (nSPS) is 30.7. The van der Waals surface area contributed by atoms with Crippen molar-refractivity contribution < 1.29 is 9.84 Å². The summed E-state index contributed by atoms with van der Waals surface area (Å²) in [4.78, 5) is 0. The Morgan fingerprint density at radius 3 is 3.00 bits per heavy atom. The second-order valence-corrected chi connectivity index (χ2v) is 2.35. The molecule has 1 aliphatic rings. The fourth-order valence-corrected chi connectivity index (χ4v) is 1.06. The molecular formula is C6H13NO2. The molecule has 3 N–H and O–H groups in total. The van der Waals surface area contributed by atoms with Gasteiger partial charge < -0.3 is 15.6 Å². The highest BCUT2D eigenvalue weighted by Crippen LogP contribution is 2.14. The molecular weight excluding hydrogens is 118 g/mol. The van der Waals surface area contributed by atoms with E-state index in [1.165, 1.54) is 0 Å². The van der Waals surface area contributed by atoms with Crippen LogP contribution in [0.15, 0.2) is 0 Å². The third-order valence-corrected chi connectivity index (χ3v) is 1.64. The van der Waals surface area contributed by atoms with Gasteiger partial charge in [-0.3, -0.25) is 0 Å². The van der Waals surface area contributed by atoms with Crippen molar-refractivity contribution in [2.24, 2.45) is 5.73 Å². The lowest BCUT2D eigenvalue weighted by atomic mass is 10.1. The Bertz CT molecular complexity index is 81.1. The SMILES string of the molecule is NC[C@H](O)C1CCCO1. The Morgan fingerprint density at radius 2 is 2.56 bits per heavy atom. The predicted octanol–water partition coefficient (Wildman–Crippen LogP) is -0.515. The number of hydrogen-bond donors (Lipinski definition) is 2. The molecule has 54 valence electrons. The summed E-state index contributed by atoms with van der Waals surface area (Å²) in [6.45, 7) is 1.09. The fourth-order valence-electron chi connectivity index (χ4n) is 1.06. The van der Waals surface area contributed by atoms with E-state index in [1.807, 2.05) is 0 Å². The van der Waals surface area contributed by atoms with Gasteiger partial charge in [0.1, 0.15) is 0 Å². The van der Waals surface area contributed by atoms with Gasteiger partial charge in [-0.15, -0.1) is 0 Å². The van der Waals surface area contributed by atoms with Crippen LogP contribution >= 0.6 is 0 Å². The zero-order chi connectivity index (χ0) is 6.69. The molecule has 1 unspecified atom stereocenters. The average molecular weight is 131 g/mol. The standard InChI is InChI=1S/C6H13NO2/c7-4-5(8)6-2-1-3-9-6/h5-6,8H,1-4,7H2/t5-,6?/m0/s1. The van der Waals surface area contributed by atoms with Crippen LogP contribution in [0.2, 0.25) is 0 Å². The first-order valence-electron chi connectivity index (χ1n) is 3.34. The molecule has 2 atom stereocenters. The van der Waals surface area contributed by atoms with Gasteiger partial charge in [0, 0.05) is 13.2 Å². The van der Waals surface area contributed by atoms with Gasteiger partial charge in [0.05, 0.1) is 12.2 Å². The minimum absolute atomic E-state index is 0.00926. The first kappa shape index (κ1) is 6.99. The van der Waals surface area contributed by atoms with Crippen molar-refractivity contribution in [3.8, 4) is 0 Å². The number of hydrogen-bond acceptors (Lipinski definition) is 3. The number of aliphatic hydroxyl groups excluding tert-OH is 1. The molecule has 1 heterocycles. The van der Waals surface area contributed by atoms with Crippen molar-refractivity contribution in [1.29, 1.82) is 0 Å². The molecule has 0 aliphatic carbocycles. The van der Waals surface area contributed by atoms with Gasteiger partial charge in [-0.1, -0.05) is 0 Å². The Kier molecular flexibility index (Phi) is 2.45. The van der Waals surface area contributed by atoms with Crippen molar-refractivity contribution in [3.05, 3.63) is 0 Å². The highest BCUT2D eigenvalue weighted by atomic mass is 16.5. The minimum atomic E-state index is -0.451. The second-order valence-electron chi connectivity index (χ2n) is 2.35. The Morgan fingerprint density at radius 1 is 1.78 bits per heavy atom. The molecule has 1 saturated heterocycles. The second kappa shape index (κ2) is 3.15. The number of nitrogens with two attached hydrogens (primary N) is 1. The van der Waals surface area contributed by atoms with Gasteiger partial charge in [0.25, 0.3) is 0 Å². The molecule has 3 heteroatoms. The summed E-state index contributed by atoms with van der Waals surface area (Å²) < 4.78 is 5.18. The summed E-state index contributed by atoms with van der Waals surface area (Å²) in [6, 6.07) is 0. The van der Waals surface area contributed by atoms with E-state index in [0.29, 0.717) is 6.54 Å². The van der Waals surface area contributed by atoms with Gasteiger partial charge in [-0.25, -0.2) is 0 Å². The van der Waals surface area contributed by atoms with Crippen molar-refractivity contribution in [3.63, 3.8) is 0 Å². The summed E-state index contributed by atoms with van der Waals surface area (Å²) in [6.07, 6.45) is 1.57. The van der Waals surface area contributed by atoms with E-state index in [-0.39, 0.29) is 6.10 Å².